The van der Waals surface area contributed by atoms with E-state index in [9.17, 15) is 4.79 Å². The van der Waals surface area contributed by atoms with Crippen LogP contribution in [0.25, 0.3) is 22.8 Å². The number of aromatic nitrogens is 1. The number of carbonyl (C=O) groups is 1. The minimum atomic E-state index is -0.0982. The number of nitrogens with one attached hydrogen (secondary N) is 1. The van der Waals surface area contributed by atoms with Gasteiger partial charge in [0.25, 0.3) is 0 Å². The molecule has 0 aliphatic rings. The van der Waals surface area contributed by atoms with E-state index in [1.165, 1.54) is 0 Å². The van der Waals surface area contributed by atoms with Crippen LogP contribution in [-0.4, -0.2) is 16.9 Å². The average Bonchev–Trinajstić information content (AvgIpc) is 2.98. The molecular weight excluding hydrogens is 416 g/mol. The largest absolute Gasteiger partial charge is 0.436 e. The highest BCUT2D eigenvalue weighted by Gasteiger charge is 2.19. The molecule has 1 N–H and O–H groups in total. The van der Waals surface area contributed by atoms with Crippen molar-refractivity contribution in [3.63, 3.8) is 0 Å². The Labute approximate surface area is 165 Å². The van der Waals surface area contributed by atoms with Crippen molar-refractivity contribution >= 4 is 33.4 Å². The first-order valence-electron chi connectivity index (χ1n) is 8.23. The Morgan fingerprint density at radius 3 is 2.58 bits per heavy atom. The van der Waals surface area contributed by atoms with Gasteiger partial charge in [-0.15, -0.1) is 0 Å². The van der Waals surface area contributed by atoms with E-state index >= 15 is 0 Å². The molecule has 0 radical (unpaired) electrons. The molecule has 1 aromatic heterocycles. The summed E-state index contributed by atoms with van der Waals surface area (Å²) < 4.78 is 6.99. The van der Waals surface area contributed by atoms with Crippen molar-refractivity contribution < 1.29 is 9.21 Å². The van der Waals surface area contributed by atoms with E-state index < -0.39 is 0 Å². The Morgan fingerprint density at radius 2 is 1.92 bits per heavy atom. The van der Waals surface area contributed by atoms with Crippen LogP contribution < -0.4 is 5.32 Å². The minimum Gasteiger partial charge on any atom is -0.436 e. The number of benzene rings is 2. The molecule has 0 fully saturated rings. The van der Waals surface area contributed by atoms with E-state index in [-0.39, 0.29) is 18.4 Å². The van der Waals surface area contributed by atoms with Gasteiger partial charge in [0.05, 0.1) is 12.1 Å². The van der Waals surface area contributed by atoms with Crippen LogP contribution in [0.15, 0.2) is 57.4 Å². The van der Waals surface area contributed by atoms with E-state index in [1.54, 1.807) is 12.1 Å². The predicted molar refractivity (Wildman–Crippen MR) is 107 cm³/mol. The third-order valence-electron chi connectivity index (χ3n) is 3.65. The van der Waals surface area contributed by atoms with Crippen molar-refractivity contribution in [2.45, 2.75) is 26.3 Å². The summed E-state index contributed by atoms with van der Waals surface area (Å²) in [6.45, 7) is 3.84. The quantitative estimate of drug-likeness (QED) is 0.579. The second-order valence-corrected chi connectivity index (χ2v) is 7.56. The lowest BCUT2D eigenvalue weighted by atomic mass is 10.1. The Balaban J connectivity index is 2.02. The maximum absolute atomic E-state index is 12.2. The van der Waals surface area contributed by atoms with E-state index in [2.05, 4.69) is 26.2 Å². The first-order chi connectivity index (χ1) is 12.4. The van der Waals surface area contributed by atoms with Gasteiger partial charge in [-0.2, -0.15) is 0 Å². The lowest BCUT2D eigenvalue weighted by Crippen LogP contribution is -2.31. The smallest absolute Gasteiger partial charge is 0.227 e. The molecule has 0 aliphatic heterocycles. The Kier molecular flexibility index (Phi) is 5.79. The fourth-order valence-electron chi connectivity index (χ4n) is 2.57. The molecule has 0 atom stereocenters. The van der Waals surface area contributed by atoms with Gasteiger partial charge in [-0.05, 0) is 50.2 Å². The number of halogens is 2. The minimum absolute atomic E-state index is 0.0648. The summed E-state index contributed by atoms with van der Waals surface area (Å²) in [7, 11) is 0. The molecule has 6 heteroatoms. The number of nitrogens with zero attached hydrogens (tertiary/aromatic N) is 1. The predicted octanol–water partition coefficient (Wildman–Crippen LogP) is 5.49. The van der Waals surface area contributed by atoms with Gasteiger partial charge in [0, 0.05) is 26.7 Å². The van der Waals surface area contributed by atoms with Crippen LogP contribution in [0.4, 0.5) is 0 Å². The zero-order chi connectivity index (χ0) is 18.7. The van der Waals surface area contributed by atoms with Crippen molar-refractivity contribution in [1.82, 2.24) is 10.3 Å². The van der Waals surface area contributed by atoms with Crippen LogP contribution >= 0.6 is 27.5 Å². The summed E-state index contributed by atoms with van der Waals surface area (Å²) in [5.74, 6) is 0.933. The number of rotatable bonds is 5. The monoisotopic (exact) mass is 432 g/mol. The first-order valence-corrected chi connectivity index (χ1v) is 9.40. The molecule has 1 amide bonds. The molecule has 0 bridgehead atoms. The van der Waals surface area contributed by atoms with Crippen LogP contribution in [-0.2, 0) is 11.2 Å². The van der Waals surface area contributed by atoms with Crippen molar-refractivity contribution in [2.75, 3.05) is 0 Å². The topological polar surface area (TPSA) is 55.1 Å². The van der Waals surface area contributed by atoms with Gasteiger partial charge in [-0.25, -0.2) is 4.98 Å². The van der Waals surface area contributed by atoms with Gasteiger partial charge in [0.2, 0.25) is 11.8 Å². The van der Waals surface area contributed by atoms with Gasteiger partial charge in [0.1, 0.15) is 0 Å². The second-order valence-electron chi connectivity index (χ2n) is 6.21. The SMILES string of the molecule is CC(C)NC(=O)Cc1nc(-c2ccc(Br)cc2)oc1-c1cccc(Cl)c1. The Morgan fingerprint density at radius 1 is 1.19 bits per heavy atom. The van der Waals surface area contributed by atoms with E-state index in [4.69, 9.17) is 16.0 Å². The van der Waals surface area contributed by atoms with E-state index in [1.807, 2.05) is 50.2 Å². The summed E-state index contributed by atoms with van der Waals surface area (Å²) >= 11 is 9.54. The molecule has 2 aromatic carbocycles. The lowest BCUT2D eigenvalue weighted by Gasteiger charge is -2.07. The lowest BCUT2D eigenvalue weighted by molar-refractivity contribution is -0.120. The van der Waals surface area contributed by atoms with Gasteiger partial charge in [-0.3, -0.25) is 4.79 Å². The van der Waals surface area contributed by atoms with E-state index in [0.29, 0.717) is 22.4 Å². The third-order valence-corrected chi connectivity index (χ3v) is 4.42. The van der Waals surface area contributed by atoms with Crippen molar-refractivity contribution in [2.24, 2.45) is 0 Å². The molecule has 0 aliphatic carbocycles. The molecule has 1 heterocycles. The first kappa shape index (κ1) is 18.7. The molecule has 0 saturated carbocycles. The summed E-state index contributed by atoms with van der Waals surface area (Å²) in [6, 6.07) is 15.1. The fraction of sp³-hybridized carbons (Fsp3) is 0.200. The summed E-state index contributed by atoms with van der Waals surface area (Å²) in [5.41, 5.74) is 2.22. The van der Waals surface area contributed by atoms with Crippen molar-refractivity contribution in [3.8, 4) is 22.8 Å². The number of oxazole rings is 1. The fourth-order valence-corrected chi connectivity index (χ4v) is 3.02. The zero-order valence-corrected chi connectivity index (χ0v) is 16.8. The van der Waals surface area contributed by atoms with Crippen molar-refractivity contribution in [3.05, 3.63) is 63.7 Å². The summed E-state index contributed by atoms with van der Waals surface area (Å²) in [4.78, 5) is 16.8. The van der Waals surface area contributed by atoms with Gasteiger partial charge < -0.3 is 9.73 Å². The third kappa shape index (κ3) is 4.54. The standard InChI is InChI=1S/C20H18BrClN2O2/c1-12(2)23-18(25)11-17-19(14-4-3-5-16(22)10-14)26-20(24-17)13-6-8-15(21)9-7-13/h3-10,12H,11H2,1-2H3,(H,23,25). The maximum atomic E-state index is 12.2. The second kappa shape index (κ2) is 8.06. The van der Waals surface area contributed by atoms with Crippen LogP contribution in [0.2, 0.25) is 5.02 Å². The molecule has 0 saturated heterocycles. The molecule has 4 nitrogen and oxygen atoms in total. The maximum Gasteiger partial charge on any atom is 0.227 e. The average molecular weight is 434 g/mol. The Hall–Kier alpha value is -2.11. The number of hydrogen-bond donors (Lipinski definition) is 1. The molecule has 134 valence electrons. The van der Waals surface area contributed by atoms with Gasteiger partial charge in [0.15, 0.2) is 5.76 Å². The Bertz CT molecular complexity index is 920. The van der Waals surface area contributed by atoms with Gasteiger partial charge in [-0.1, -0.05) is 39.7 Å². The van der Waals surface area contributed by atoms with Crippen LogP contribution in [0, 0.1) is 0 Å². The molecule has 0 unspecified atom stereocenters. The highest BCUT2D eigenvalue weighted by Crippen LogP contribution is 2.32. The molecule has 3 rings (SSSR count). The summed E-state index contributed by atoms with van der Waals surface area (Å²) in [6.07, 6.45) is 0.139. The summed E-state index contributed by atoms with van der Waals surface area (Å²) in [5, 5.41) is 3.48. The number of amides is 1. The number of hydrogen-bond acceptors (Lipinski definition) is 3. The molecular formula is C20H18BrClN2O2. The molecule has 3 aromatic rings. The zero-order valence-electron chi connectivity index (χ0n) is 14.4. The highest BCUT2D eigenvalue weighted by molar-refractivity contribution is 9.10. The van der Waals surface area contributed by atoms with Crippen molar-refractivity contribution in [1.29, 1.82) is 0 Å². The molecule has 26 heavy (non-hydrogen) atoms. The van der Waals surface area contributed by atoms with E-state index in [0.717, 1.165) is 15.6 Å². The normalized spacial score (nSPS) is 11.0. The van der Waals surface area contributed by atoms with Crippen LogP contribution in [0.1, 0.15) is 19.5 Å². The van der Waals surface area contributed by atoms with Crippen LogP contribution in [0.5, 0.6) is 0 Å². The number of carbonyl (C=O) groups excluding carboxylic acids is 1. The molecule has 0 spiro atoms. The van der Waals surface area contributed by atoms with Crippen LogP contribution in [0.3, 0.4) is 0 Å². The highest BCUT2D eigenvalue weighted by atomic mass is 79.9. The van der Waals surface area contributed by atoms with Gasteiger partial charge >= 0.3 is 0 Å².